The van der Waals surface area contributed by atoms with Crippen molar-refractivity contribution in [1.82, 2.24) is 5.43 Å². The molecule has 6 heteroatoms. The van der Waals surface area contributed by atoms with Gasteiger partial charge in [0.1, 0.15) is 0 Å². The SMILES string of the molecule is C/C(CC(=O)Nc1ccccc1-c1ccccc1)=N\NC(=O)c1cccs1. The van der Waals surface area contributed by atoms with Crippen molar-refractivity contribution < 1.29 is 9.59 Å². The number of rotatable bonds is 6. The summed E-state index contributed by atoms with van der Waals surface area (Å²) in [5, 5.41) is 8.75. The largest absolute Gasteiger partial charge is 0.325 e. The van der Waals surface area contributed by atoms with Crippen LogP contribution in [0.2, 0.25) is 0 Å². The molecule has 136 valence electrons. The Morgan fingerprint density at radius 1 is 0.963 bits per heavy atom. The normalized spacial score (nSPS) is 11.1. The number of hydrazone groups is 1. The highest BCUT2D eigenvalue weighted by Gasteiger charge is 2.10. The minimum atomic E-state index is -0.279. The van der Waals surface area contributed by atoms with Crippen LogP contribution in [0.5, 0.6) is 0 Å². The molecule has 3 rings (SSSR count). The average molecular weight is 377 g/mol. The number of amides is 2. The Morgan fingerprint density at radius 3 is 2.44 bits per heavy atom. The molecule has 2 aromatic carbocycles. The highest BCUT2D eigenvalue weighted by molar-refractivity contribution is 7.12. The summed E-state index contributed by atoms with van der Waals surface area (Å²) in [6, 6.07) is 21.0. The smallest absolute Gasteiger partial charge is 0.281 e. The number of carbonyl (C=O) groups is 2. The van der Waals surface area contributed by atoms with Gasteiger partial charge in [-0.1, -0.05) is 54.6 Å². The molecule has 0 saturated heterocycles. The van der Waals surface area contributed by atoms with Crippen molar-refractivity contribution in [3.8, 4) is 11.1 Å². The summed E-state index contributed by atoms with van der Waals surface area (Å²) in [7, 11) is 0. The molecule has 5 nitrogen and oxygen atoms in total. The zero-order chi connectivity index (χ0) is 19.1. The molecule has 2 N–H and O–H groups in total. The molecule has 0 aliphatic rings. The van der Waals surface area contributed by atoms with Crippen LogP contribution in [0.3, 0.4) is 0 Å². The second-order valence-electron chi connectivity index (χ2n) is 5.90. The Labute approximate surface area is 161 Å². The number of carbonyl (C=O) groups excluding carboxylic acids is 2. The number of hydrogen-bond donors (Lipinski definition) is 2. The van der Waals surface area contributed by atoms with Gasteiger partial charge in [-0.05, 0) is 30.0 Å². The molecule has 0 bridgehead atoms. The van der Waals surface area contributed by atoms with E-state index >= 15 is 0 Å². The summed E-state index contributed by atoms with van der Waals surface area (Å²) in [6.07, 6.45) is 0.0911. The van der Waals surface area contributed by atoms with Crippen molar-refractivity contribution >= 4 is 34.6 Å². The molecule has 0 atom stereocenters. The van der Waals surface area contributed by atoms with E-state index in [1.165, 1.54) is 11.3 Å². The van der Waals surface area contributed by atoms with Crippen LogP contribution < -0.4 is 10.7 Å². The molecule has 1 aromatic heterocycles. The first-order chi connectivity index (χ1) is 13.1. The maximum atomic E-state index is 12.4. The van der Waals surface area contributed by atoms with Gasteiger partial charge >= 0.3 is 0 Å². The van der Waals surface area contributed by atoms with E-state index in [-0.39, 0.29) is 18.2 Å². The Morgan fingerprint density at radius 2 is 1.70 bits per heavy atom. The Balaban J connectivity index is 1.63. The average Bonchev–Trinajstić information content (AvgIpc) is 3.22. The third kappa shape index (κ3) is 5.12. The van der Waals surface area contributed by atoms with Gasteiger partial charge in [-0.2, -0.15) is 5.10 Å². The summed E-state index contributed by atoms with van der Waals surface area (Å²) < 4.78 is 0. The summed E-state index contributed by atoms with van der Waals surface area (Å²) in [4.78, 5) is 24.8. The predicted molar refractivity (Wildman–Crippen MR) is 110 cm³/mol. The number of thiophene rings is 1. The fraction of sp³-hybridized carbons (Fsp3) is 0.0952. The quantitative estimate of drug-likeness (QED) is 0.489. The highest BCUT2D eigenvalue weighted by atomic mass is 32.1. The fourth-order valence-corrected chi connectivity index (χ4v) is 3.15. The van der Waals surface area contributed by atoms with Gasteiger partial charge in [-0.15, -0.1) is 11.3 Å². The van der Waals surface area contributed by atoms with Crippen molar-refractivity contribution in [2.45, 2.75) is 13.3 Å². The van der Waals surface area contributed by atoms with Crippen LogP contribution in [0.25, 0.3) is 11.1 Å². The van der Waals surface area contributed by atoms with Crippen LogP contribution in [0.15, 0.2) is 77.2 Å². The lowest BCUT2D eigenvalue weighted by Crippen LogP contribution is -2.21. The van der Waals surface area contributed by atoms with Gasteiger partial charge in [0, 0.05) is 17.0 Å². The molecule has 3 aromatic rings. The summed E-state index contributed by atoms with van der Waals surface area (Å²) >= 11 is 1.34. The fourth-order valence-electron chi connectivity index (χ4n) is 2.54. The van der Waals surface area contributed by atoms with Crippen LogP contribution in [0.4, 0.5) is 5.69 Å². The summed E-state index contributed by atoms with van der Waals surface area (Å²) in [5.74, 6) is -0.468. The molecule has 0 aliphatic heterocycles. The zero-order valence-electron chi connectivity index (χ0n) is 14.8. The second-order valence-corrected chi connectivity index (χ2v) is 6.85. The minimum absolute atomic E-state index is 0.0911. The van der Waals surface area contributed by atoms with E-state index in [0.717, 1.165) is 16.8 Å². The van der Waals surface area contributed by atoms with E-state index < -0.39 is 0 Å². The summed E-state index contributed by atoms with van der Waals surface area (Å²) in [5.41, 5.74) is 5.71. The van der Waals surface area contributed by atoms with Gasteiger partial charge in [-0.25, -0.2) is 5.43 Å². The van der Waals surface area contributed by atoms with E-state index in [4.69, 9.17) is 0 Å². The number of nitrogens with one attached hydrogen (secondary N) is 2. The van der Waals surface area contributed by atoms with Crippen molar-refractivity contribution in [3.05, 3.63) is 77.0 Å². The highest BCUT2D eigenvalue weighted by Crippen LogP contribution is 2.27. The molecule has 2 amide bonds. The number of hydrogen-bond acceptors (Lipinski definition) is 4. The van der Waals surface area contributed by atoms with Crippen LogP contribution in [-0.4, -0.2) is 17.5 Å². The maximum Gasteiger partial charge on any atom is 0.281 e. The molecule has 0 fully saturated rings. The molecular weight excluding hydrogens is 358 g/mol. The number of nitrogens with zero attached hydrogens (tertiary/aromatic N) is 1. The van der Waals surface area contributed by atoms with Gasteiger partial charge in [0.25, 0.3) is 5.91 Å². The zero-order valence-corrected chi connectivity index (χ0v) is 15.6. The van der Waals surface area contributed by atoms with Crippen LogP contribution in [0.1, 0.15) is 23.0 Å². The second kappa shape index (κ2) is 8.91. The van der Waals surface area contributed by atoms with Crippen LogP contribution in [0, 0.1) is 0 Å². The van der Waals surface area contributed by atoms with Gasteiger partial charge in [0.15, 0.2) is 0 Å². The number of para-hydroxylation sites is 1. The van der Waals surface area contributed by atoms with Crippen molar-refractivity contribution in [2.24, 2.45) is 5.10 Å². The Kier molecular flexibility index (Phi) is 6.12. The topological polar surface area (TPSA) is 70.6 Å². The molecular formula is C21H19N3O2S. The molecule has 1 heterocycles. The Bertz CT molecular complexity index is 951. The predicted octanol–water partition coefficient (Wildman–Crippen LogP) is 4.55. The first kappa shape index (κ1) is 18.5. The van der Waals surface area contributed by atoms with E-state index in [2.05, 4.69) is 15.8 Å². The maximum absolute atomic E-state index is 12.4. The lowest BCUT2D eigenvalue weighted by molar-refractivity contribution is -0.115. The minimum Gasteiger partial charge on any atom is -0.325 e. The Hall–Kier alpha value is -3.25. The third-order valence-corrected chi connectivity index (χ3v) is 4.66. The van der Waals surface area contributed by atoms with Crippen molar-refractivity contribution in [1.29, 1.82) is 0 Å². The third-order valence-electron chi connectivity index (χ3n) is 3.80. The number of anilines is 1. The van der Waals surface area contributed by atoms with Crippen molar-refractivity contribution in [3.63, 3.8) is 0 Å². The molecule has 0 radical (unpaired) electrons. The van der Waals surface area contributed by atoms with Gasteiger partial charge in [-0.3, -0.25) is 9.59 Å². The van der Waals surface area contributed by atoms with E-state index in [1.807, 2.05) is 60.0 Å². The lowest BCUT2D eigenvalue weighted by atomic mass is 10.0. The lowest BCUT2D eigenvalue weighted by Gasteiger charge is -2.11. The monoisotopic (exact) mass is 377 g/mol. The van der Waals surface area contributed by atoms with Gasteiger partial charge in [0.2, 0.25) is 5.91 Å². The van der Waals surface area contributed by atoms with E-state index in [1.54, 1.807) is 19.1 Å². The standard InChI is InChI=1S/C21H19N3O2S/c1-15(23-24-21(26)19-12-7-13-27-19)14-20(25)22-18-11-6-5-10-17(18)16-8-3-2-4-9-16/h2-13H,14H2,1H3,(H,22,25)(H,24,26)/b23-15+. The first-order valence-corrected chi connectivity index (χ1v) is 9.33. The van der Waals surface area contributed by atoms with Crippen LogP contribution in [-0.2, 0) is 4.79 Å². The molecule has 0 aliphatic carbocycles. The van der Waals surface area contributed by atoms with Crippen LogP contribution >= 0.6 is 11.3 Å². The van der Waals surface area contributed by atoms with Gasteiger partial charge < -0.3 is 5.32 Å². The number of benzene rings is 2. The van der Waals surface area contributed by atoms with Gasteiger partial charge in [0.05, 0.1) is 11.3 Å². The van der Waals surface area contributed by atoms with E-state index in [9.17, 15) is 9.59 Å². The van der Waals surface area contributed by atoms with Crippen molar-refractivity contribution in [2.75, 3.05) is 5.32 Å². The molecule has 0 spiro atoms. The molecule has 0 saturated carbocycles. The van der Waals surface area contributed by atoms with E-state index in [0.29, 0.717) is 10.6 Å². The first-order valence-electron chi connectivity index (χ1n) is 8.45. The summed E-state index contributed by atoms with van der Waals surface area (Å²) in [6.45, 7) is 1.71. The molecule has 0 unspecified atom stereocenters. The molecule has 27 heavy (non-hydrogen) atoms.